The first-order valence-corrected chi connectivity index (χ1v) is 19.2. The minimum atomic E-state index is -1.83. The lowest BCUT2D eigenvalue weighted by molar-refractivity contribution is -0.142. The number of rotatable bonds is 29. The van der Waals surface area contributed by atoms with E-state index < -0.39 is 134 Å². The molecule has 0 bridgehead atoms. The van der Waals surface area contributed by atoms with Crippen molar-refractivity contribution in [3.8, 4) is 0 Å². The van der Waals surface area contributed by atoms with Crippen LogP contribution >= 0.6 is 0 Å². The van der Waals surface area contributed by atoms with Gasteiger partial charge in [0.25, 0.3) is 0 Å². The van der Waals surface area contributed by atoms with Crippen LogP contribution in [0.15, 0.2) is 12.5 Å². The van der Waals surface area contributed by atoms with Crippen molar-refractivity contribution in [2.75, 3.05) is 26.4 Å². The third-order valence-electron chi connectivity index (χ3n) is 8.75. The highest BCUT2D eigenvalue weighted by Crippen LogP contribution is 2.09. The van der Waals surface area contributed by atoms with Crippen LogP contribution in [0.4, 0.5) is 0 Å². The number of aliphatic hydroxyl groups excluding tert-OH is 4. The second kappa shape index (κ2) is 27.1. The number of imidazole rings is 1. The van der Waals surface area contributed by atoms with Crippen LogP contribution in [0.25, 0.3) is 0 Å². The van der Waals surface area contributed by atoms with Crippen molar-refractivity contribution in [3.05, 3.63) is 18.2 Å². The molecule has 7 amide bonds. The summed E-state index contributed by atoms with van der Waals surface area (Å²) in [4.78, 5) is 121. The van der Waals surface area contributed by atoms with Gasteiger partial charge in [-0.2, -0.15) is 0 Å². The molecule has 61 heavy (non-hydrogen) atoms. The summed E-state index contributed by atoms with van der Waals surface area (Å²) in [6.07, 6.45) is 0.795. The predicted molar refractivity (Wildman–Crippen MR) is 209 cm³/mol. The van der Waals surface area contributed by atoms with E-state index in [1.54, 1.807) is 13.8 Å². The molecule has 0 saturated carbocycles. The molecule has 1 aromatic rings. The van der Waals surface area contributed by atoms with Crippen LogP contribution in [0.2, 0.25) is 0 Å². The van der Waals surface area contributed by atoms with E-state index in [0.717, 1.165) is 6.92 Å². The molecule has 0 aliphatic rings. The normalized spacial score (nSPS) is 15.6. The molecule has 1 rings (SSSR count). The van der Waals surface area contributed by atoms with Gasteiger partial charge in [-0.15, -0.1) is 0 Å². The molecule has 0 spiro atoms. The van der Waals surface area contributed by atoms with Crippen LogP contribution in [0.3, 0.4) is 0 Å². The van der Waals surface area contributed by atoms with Crippen LogP contribution in [0.1, 0.15) is 58.6 Å². The molecule has 0 aromatic carbocycles. The van der Waals surface area contributed by atoms with Crippen molar-refractivity contribution < 1.29 is 73.8 Å². The van der Waals surface area contributed by atoms with Crippen LogP contribution < -0.4 is 48.7 Å². The number of carboxylic acids is 2. The average Bonchev–Trinajstić information content (AvgIpc) is 3.71. The van der Waals surface area contributed by atoms with Gasteiger partial charge in [-0.05, 0) is 45.1 Å². The van der Waals surface area contributed by atoms with Crippen LogP contribution in [-0.4, -0.2) is 175 Å². The summed E-state index contributed by atoms with van der Waals surface area (Å²) in [6.45, 7) is 1.55. The van der Waals surface area contributed by atoms with E-state index in [1.165, 1.54) is 12.5 Å². The zero-order valence-electron chi connectivity index (χ0n) is 34.0. The number of nitrogens with two attached hydrogens (primary N) is 2. The Morgan fingerprint density at radius 1 is 0.656 bits per heavy atom. The molecular formula is C35H59N11O15. The van der Waals surface area contributed by atoms with Gasteiger partial charge >= 0.3 is 11.9 Å². The number of hydrogen-bond acceptors (Lipinski definition) is 16. The number of carboxylic acid groups (broad SMARTS) is 2. The first-order valence-electron chi connectivity index (χ1n) is 19.2. The van der Waals surface area contributed by atoms with E-state index in [0.29, 0.717) is 18.5 Å². The fourth-order valence-corrected chi connectivity index (χ4v) is 5.43. The van der Waals surface area contributed by atoms with Gasteiger partial charge in [-0.3, -0.25) is 38.4 Å². The molecule has 0 radical (unpaired) electrons. The smallest absolute Gasteiger partial charge is 0.326 e. The largest absolute Gasteiger partial charge is 0.481 e. The Kier molecular flexibility index (Phi) is 23.7. The highest BCUT2D eigenvalue weighted by molar-refractivity contribution is 5.98. The Morgan fingerprint density at radius 2 is 1.11 bits per heavy atom. The number of carbonyl (C=O) groups is 9. The fourth-order valence-electron chi connectivity index (χ4n) is 5.43. The SMILES string of the molecule is CC(C)C[C@H](NC(=O)[C@H](CO)NC(=O)[C@H](CO)NC(=O)[C@H](CO)NC(=O)[C@@H](N)CC(=O)O)C(=O)N[C@H](C(=O)N[C@@H](CCCCN)C(=O)N[C@@H](Cc1cnc[nH]1)C(=O)O)[C@@H](C)O. The summed E-state index contributed by atoms with van der Waals surface area (Å²) in [5.74, 6) is -10.8. The Hall–Kier alpha value is -5.80. The minimum Gasteiger partial charge on any atom is -0.481 e. The Bertz CT molecular complexity index is 1630. The number of aliphatic hydroxyl groups is 4. The average molecular weight is 874 g/mol. The van der Waals surface area contributed by atoms with Gasteiger partial charge in [-0.25, -0.2) is 9.78 Å². The zero-order chi connectivity index (χ0) is 46.4. The monoisotopic (exact) mass is 873 g/mol. The number of unbranched alkanes of at least 4 members (excludes halogenated alkanes) is 1. The maximum Gasteiger partial charge on any atom is 0.326 e. The maximum absolute atomic E-state index is 13.6. The van der Waals surface area contributed by atoms with E-state index in [9.17, 15) is 68.7 Å². The van der Waals surface area contributed by atoms with Crippen molar-refractivity contribution in [1.29, 1.82) is 0 Å². The van der Waals surface area contributed by atoms with Crippen molar-refractivity contribution in [1.82, 2.24) is 47.2 Å². The van der Waals surface area contributed by atoms with Crippen molar-refractivity contribution in [2.45, 2.75) is 114 Å². The number of nitrogens with zero attached hydrogens (tertiary/aromatic N) is 1. The van der Waals surface area contributed by atoms with Crippen LogP contribution in [0, 0.1) is 5.92 Å². The summed E-state index contributed by atoms with van der Waals surface area (Å²) in [6, 6.07) is -13.0. The van der Waals surface area contributed by atoms with Gasteiger partial charge in [0.15, 0.2) is 0 Å². The van der Waals surface area contributed by atoms with E-state index in [4.69, 9.17) is 16.6 Å². The first-order chi connectivity index (χ1) is 28.7. The lowest BCUT2D eigenvalue weighted by atomic mass is 10.0. The molecule has 344 valence electrons. The van der Waals surface area contributed by atoms with E-state index in [1.807, 2.05) is 10.6 Å². The topological polar surface area (TPSA) is 440 Å². The zero-order valence-corrected chi connectivity index (χ0v) is 34.0. The Balaban J connectivity index is 3.13. The number of amides is 7. The standard InChI is InChI=1S/C35H59N11O15/c1-16(2)8-21(41-31(56)24(13-48)44-33(58)25(14-49)45-32(57)23(12-47)43-28(53)19(37)10-26(51)52)30(55)46-27(17(3)50)34(59)40-20(6-4-5-7-36)29(54)42-22(35(60)61)9-18-11-38-15-39-18/h11,15-17,19-25,27,47-50H,4-10,12-14,36-37H2,1-3H3,(H,38,39)(H,40,59)(H,41,56)(H,42,54)(H,43,53)(H,44,58)(H,45,57)(H,46,55)(H,51,52)(H,60,61)/t17-,19+,20+,21+,22+,23+,24+,25+,27+/m1/s1. The van der Waals surface area contributed by atoms with Crippen LogP contribution in [0.5, 0.6) is 0 Å². The summed E-state index contributed by atoms with van der Waals surface area (Å²) in [7, 11) is 0. The fraction of sp³-hybridized carbons (Fsp3) is 0.657. The molecule has 1 aromatic heterocycles. The Morgan fingerprint density at radius 3 is 1.54 bits per heavy atom. The number of aromatic amines is 1. The van der Waals surface area contributed by atoms with Gasteiger partial charge in [0.05, 0.1) is 44.7 Å². The van der Waals surface area contributed by atoms with Gasteiger partial charge in [0, 0.05) is 18.3 Å². The first kappa shape index (κ1) is 53.2. The molecule has 0 aliphatic carbocycles. The summed E-state index contributed by atoms with van der Waals surface area (Å²) < 4.78 is 0. The van der Waals surface area contributed by atoms with Crippen LogP contribution in [-0.2, 0) is 49.6 Å². The van der Waals surface area contributed by atoms with Crippen molar-refractivity contribution >= 4 is 53.3 Å². The molecule has 0 aliphatic heterocycles. The number of aliphatic carboxylic acids is 2. The highest BCUT2D eigenvalue weighted by atomic mass is 16.4. The lowest BCUT2D eigenvalue weighted by Crippen LogP contribution is -2.62. The quantitative estimate of drug-likeness (QED) is 0.0333. The third-order valence-corrected chi connectivity index (χ3v) is 8.75. The third kappa shape index (κ3) is 19.0. The molecule has 9 atom stereocenters. The van der Waals surface area contributed by atoms with Gasteiger partial charge in [-0.1, -0.05) is 13.8 Å². The number of carbonyl (C=O) groups excluding carboxylic acids is 7. The van der Waals surface area contributed by atoms with E-state index in [-0.39, 0.29) is 31.7 Å². The van der Waals surface area contributed by atoms with Gasteiger partial charge < -0.3 is 84.3 Å². The molecule has 26 nitrogen and oxygen atoms in total. The van der Waals surface area contributed by atoms with E-state index in [2.05, 4.69) is 36.6 Å². The number of hydrogen-bond donors (Lipinski definition) is 16. The molecule has 26 heteroatoms. The lowest BCUT2D eigenvalue weighted by Gasteiger charge is -2.28. The van der Waals surface area contributed by atoms with Gasteiger partial charge in [0.2, 0.25) is 41.4 Å². The molecular weight excluding hydrogens is 814 g/mol. The number of aromatic nitrogens is 2. The molecule has 18 N–H and O–H groups in total. The summed E-state index contributed by atoms with van der Waals surface area (Å²) in [5.41, 5.74) is 11.4. The number of H-pyrrole nitrogens is 1. The predicted octanol–water partition coefficient (Wildman–Crippen LogP) is -7.23. The second-order valence-electron chi connectivity index (χ2n) is 14.4. The highest BCUT2D eigenvalue weighted by Gasteiger charge is 2.35. The molecule has 0 saturated heterocycles. The van der Waals surface area contributed by atoms with Gasteiger partial charge in [0.1, 0.15) is 42.3 Å². The molecule has 0 fully saturated rings. The summed E-state index contributed by atoms with van der Waals surface area (Å²) >= 11 is 0. The minimum absolute atomic E-state index is 0.00531. The van der Waals surface area contributed by atoms with E-state index >= 15 is 0 Å². The number of nitrogens with one attached hydrogen (secondary N) is 8. The Labute approximate surface area is 349 Å². The maximum atomic E-state index is 13.6. The van der Waals surface area contributed by atoms with Crippen molar-refractivity contribution in [3.63, 3.8) is 0 Å². The molecule has 1 heterocycles. The molecule has 0 unspecified atom stereocenters. The summed E-state index contributed by atoms with van der Waals surface area (Å²) in [5, 5.41) is 74.0. The van der Waals surface area contributed by atoms with Crippen molar-refractivity contribution in [2.24, 2.45) is 17.4 Å². The second-order valence-corrected chi connectivity index (χ2v) is 14.4.